The van der Waals surface area contributed by atoms with Gasteiger partial charge in [0.05, 0.1) is 11.4 Å². The van der Waals surface area contributed by atoms with E-state index in [1.54, 1.807) is 4.90 Å². The third-order valence-corrected chi connectivity index (χ3v) is 6.01. The molecule has 0 atom stereocenters. The smallest absolute Gasteiger partial charge is 0.243 e. The minimum Gasteiger partial charge on any atom is -0.310 e. The summed E-state index contributed by atoms with van der Waals surface area (Å²) in [5.41, 5.74) is 1.07. The molecule has 0 saturated carbocycles. The van der Waals surface area contributed by atoms with Crippen LogP contribution in [0.15, 0.2) is 53.4 Å². The number of anilines is 1. The molecule has 5 nitrogen and oxygen atoms in total. The fourth-order valence-electron chi connectivity index (χ4n) is 2.78. The molecule has 126 valence electrons. The number of aryl methyl sites for hydroxylation is 1. The Hall–Kier alpha value is -2.25. The van der Waals surface area contributed by atoms with Crippen LogP contribution in [-0.4, -0.2) is 38.3 Å². The predicted octanol–water partition coefficient (Wildman–Crippen LogP) is 2.17. The second-order valence-corrected chi connectivity index (χ2v) is 7.54. The van der Waals surface area contributed by atoms with Gasteiger partial charge in [-0.05, 0) is 42.8 Å². The molecule has 1 aliphatic rings. The SMILES string of the molecule is Cc1cc(F)ccc1S(=O)(=O)N1CCN(c2ccccc2)C(=O)C1. The van der Waals surface area contributed by atoms with Crippen LogP contribution in [0.3, 0.4) is 0 Å². The molecule has 0 bridgehead atoms. The Morgan fingerprint density at radius 3 is 2.38 bits per heavy atom. The highest BCUT2D eigenvalue weighted by Gasteiger charge is 2.34. The van der Waals surface area contributed by atoms with Crippen LogP contribution in [0, 0.1) is 12.7 Å². The van der Waals surface area contributed by atoms with Crippen molar-refractivity contribution in [3.05, 3.63) is 59.9 Å². The van der Waals surface area contributed by atoms with Gasteiger partial charge in [0.2, 0.25) is 15.9 Å². The number of para-hydroxylation sites is 1. The Bertz CT molecular complexity index is 869. The molecule has 24 heavy (non-hydrogen) atoms. The molecule has 2 aromatic rings. The summed E-state index contributed by atoms with van der Waals surface area (Å²) in [6.07, 6.45) is 0. The lowest BCUT2D eigenvalue weighted by molar-refractivity contribution is -0.119. The molecule has 1 amide bonds. The summed E-state index contributed by atoms with van der Waals surface area (Å²) < 4.78 is 39.8. The largest absolute Gasteiger partial charge is 0.310 e. The van der Waals surface area contributed by atoms with Gasteiger partial charge in [-0.15, -0.1) is 0 Å². The van der Waals surface area contributed by atoms with E-state index in [1.165, 1.54) is 19.1 Å². The molecule has 3 rings (SSSR count). The van der Waals surface area contributed by atoms with E-state index in [0.717, 1.165) is 16.1 Å². The van der Waals surface area contributed by atoms with Crippen molar-refractivity contribution < 1.29 is 17.6 Å². The normalized spacial score (nSPS) is 16.4. The van der Waals surface area contributed by atoms with Gasteiger partial charge in [0.1, 0.15) is 5.82 Å². The summed E-state index contributed by atoms with van der Waals surface area (Å²) in [7, 11) is -3.83. The Labute approximate surface area is 140 Å². The first-order valence-corrected chi connectivity index (χ1v) is 8.95. The third-order valence-electron chi connectivity index (χ3n) is 4.01. The zero-order valence-corrected chi connectivity index (χ0v) is 14.0. The zero-order chi connectivity index (χ0) is 17.3. The van der Waals surface area contributed by atoms with E-state index in [4.69, 9.17) is 0 Å². The van der Waals surface area contributed by atoms with Crippen LogP contribution in [0.1, 0.15) is 5.56 Å². The molecular formula is C17H17FN2O3S. The highest BCUT2D eigenvalue weighted by molar-refractivity contribution is 7.89. The van der Waals surface area contributed by atoms with E-state index in [1.807, 2.05) is 30.3 Å². The predicted molar refractivity (Wildman–Crippen MR) is 88.7 cm³/mol. The number of amides is 1. The number of carbonyl (C=O) groups is 1. The molecule has 1 fully saturated rings. The topological polar surface area (TPSA) is 57.7 Å². The molecule has 0 aliphatic carbocycles. The van der Waals surface area contributed by atoms with E-state index >= 15 is 0 Å². The van der Waals surface area contributed by atoms with Crippen LogP contribution in [0.4, 0.5) is 10.1 Å². The second-order valence-electron chi connectivity index (χ2n) is 5.63. The van der Waals surface area contributed by atoms with Crippen molar-refractivity contribution in [3.63, 3.8) is 0 Å². The van der Waals surface area contributed by atoms with Crippen molar-refractivity contribution in [1.82, 2.24) is 4.31 Å². The summed E-state index contributed by atoms with van der Waals surface area (Å²) >= 11 is 0. The van der Waals surface area contributed by atoms with Crippen LogP contribution in [-0.2, 0) is 14.8 Å². The average Bonchev–Trinajstić information content (AvgIpc) is 2.55. The standard InChI is InChI=1S/C17H17FN2O3S/c1-13-11-14(18)7-8-16(13)24(22,23)19-9-10-20(17(21)12-19)15-5-3-2-4-6-15/h2-8,11H,9-10,12H2,1H3. The highest BCUT2D eigenvalue weighted by atomic mass is 32.2. The van der Waals surface area contributed by atoms with Crippen molar-refractivity contribution in [3.8, 4) is 0 Å². The summed E-state index contributed by atoms with van der Waals surface area (Å²) in [4.78, 5) is 14.0. The first-order valence-electron chi connectivity index (χ1n) is 7.51. The minimum absolute atomic E-state index is 0.0323. The number of benzene rings is 2. The maximum Gasteiger partial charge on any atom is 0.243 e. The fourth-order valence-corrected chi connectivity index (χ4v) is 4.37. The Balaban J connectivity index is 1.84. The Kier molecular flexibility index (Phi) is 4.38. The van der Waals surface area contributed by atoms with Gasteiger partial charge >= 0.3 is 0 Å². The van der Waals surface area contributed by atoms with Gasteiger partial charge in [-0.2, -0.15) is 4.31 Å². The second kappa shape index (κ2) is 6.33. The molecule has 0 N–H and O–H groups in total. The first kappa shape index (κ1) is 16.6. The molecule has 0 aromatic heterocycles. The van der Waals surface area contributed by atoms with Crippen molar-refractivity contribution >= 4 is 21.6 Å². The van der Waals surface area contributed by atoms with Gasteiger partial charge < -0.3 is 4.90 Å². The number of carbonyl (C=O) groups excluding carboxylic acids is 1. The lowest BCUT2D eigenvalue weighted by Crippen LogP contribution is -2.52. The first-order chi connectivity index (χ1) is 11.4. The molecule has 2 aromatic carbocycles. The molecule has 0 spiro atoms. The van der Waals surface area contributed by atoms with Crippen LogP contribution in [0.5, 0.6) is 0 Å². The molecule has 7 heteroatoms. The van der Waals surface area contributed by atoms with E-state index < -0.39 is 15.8 Å². The quantitative estimate of drug-likeness (QED) is 0.854. The van der Waals surface area contributed by atoms with Gasteiger partial charge in [-0.3, -0.25) is 4.79 Å². The van der Waals surface area contributed by atoms with Gasteiger partial charge in [0.25, 0.3) is 0 Å². The summed E-state index contributed by atoms with van der Waals surface area (Å²) in [5.74, 6) is -0.771. The van der Waals surface area contributed by atoms with E-state index in [0.29, 0.717) is 5.56 Å². The molecule has 0 unspecified atom stereocenters. The van der Waals surface area contributed by atoms with Crippen LogP contribution in [0.2, 0.25) is 0 Å². The van der Waals surface area contributed by atoms with Crippen LogP contribution >= 0.6 is 0 Å². The number of piperazine rings is 1. The molecular weight excluding hydrogens is 331 g/mol. The Morgan fingerprint density at radius 1 is 1.04 bits per heavy atom. The van der Waals surface area contributed by atoms with Crippen LogP contribution in [0.25, 0.3) is 0 Å². The van der Waals surface area contributed by atoms with Crippen LogP contribution < -0.4 is 4.90 Å². The number of rotatable bonds is 3. The maximum absolute atomic E-state index is 13.2. The number of sulfonamides is 1. The number of hydrogen-bond donors (Lipinski definition) is 0. The molecule has 1 saturated heterocycles. The highest BCUT2D eigenvalue weighted by Crippen LogP contribution is 2.24. The van der Waals surface area contributed by atoms with Gasteiger partial charge in [-0.25, -0.2) is 12.8 Å². The number of nitrogens with zero attached hydrogens (tertiary/aromatic N) is 2. The molecule has 1 aliphatic heterocycles. The molecule has 0 radical (unpaired) electrons. The number of hydrogen-bond acceptors (Lipinski definition) is 3. The van der Waals surface area contributed by atoms with E-state index in [9.17, 15) is 17.6 Å². The van der Waals surface area contributed by atoms with Crippen molar-refractivity contribution in [2.75, 3.05) is 24.5 Å². The van der Waals surface area contributed by atoms with Crippen molar-refractivity contribution in [2.24, 2.45) is 0 Å². The maximum atomic E-state index is 13.2. The van der Waals surface area contributed by atoms with Crippen molar-refractivity contribution in [2.45, 2.75) is 11.8 Å². The number of halogens is 1. The monoisotopic (exact) mass is 348 g/mol. The zero-order valence-electron chi connectivity index (χ0n) is 13.1. The van der Waals surface area contributed by atoms with Crippen molar-refractivity contribution in [1.29, 1.82) is 0 Å². The Morgan fingerprint density at radius 2 is 1.75 bits per heavy atom. The van der Waals surface area contributed by atoms with E-state index in [2.05, 4.69) is 0 Å². The van der Waals surface area contributed by atoms with Gasteiger partial charge in [0, 0.05) is 18.8 Å². The lowest BCUT2D eigenvalue weighted by atomic mass is 10.2. The third kappa shape index (κ3) is 3.05. The minimum atomic E-state index is -3.83. The van der Waals surface area contributed by atoms with Gasteiger partial charge in [0.15, 0.2) is 0 Å². The average molecular weight is 348 g/mol. The lowest BCUT2D eigenvalue weighted by Gasteiger charge is -2.33. The summed E-state index contributed by atoms with van der Waals surface area (Å²) in [6, 6.07) is 12.7. The molecule has 1 heterocycles. The van der Waals surface area contributed by atoms with E-state index in [-0.39, 0.29) is 30.4 Å². The summed E-state index contributed by atoms with van der Waals surface area (Å²) in [6.45, 7) is 1.79. The fraction of sp³-hybridized carbons (Fsp3) is 0.235. The van der Waals surface area contributed by atoms with Gasteiger partial charge in [-0.1, -0.05) is 18.2 Å². The summed E-state index contributed by atoms with van der Waals surface area (Å²) in [5, 5.41) is 0.